The molecule has 1 aromatic carbocycles. The van der Waals surface area contributed by atoms with Gasteiger partial charge in [-0.1, -0.05) is 32.9 Å². The zero-order chi connectivity index (χ0) is 13.0. The molecule has 0 amide bonds. The zero-order valence-corrected chi connectivity index (χ0v) is 11.5. The molecular formula is C15H24O2. The van der Waals surface area contributed by atoms with Crippen molar-refractivity contribution in [3.8, 4) is 5.75 Å². The zero-order valence-electron chi connectivity index (χ0n) is 11.5. The molecule has 0 radical (unpaired) electrons. The normalized spacial score (nSPS) is 15.1. The van der Waals surface area contributed by atoms with E-state index in [1.54, 1.807) is 0 Å². The molecule has 1 rings (SSSR count). The van der Waals surface area contributed by atoms with Crippen LogP contribution in [0.4, 0.5) is 0 Å². The first-order valence-corrected chi connectivity index (χ1v) is 6.36. The molecule has 2 atom stereocenters. The van der Waals surface area contributed by atoms with Gasteiger partial charge in [-0.25, -0.2) is 0 Å². The molecule has 96 valence electrons. The summed E-state index contributed by atoms with van der Waals surface area (Å²) in [6.45, 7) is 10.3. The largest absolute Gasteiger partial charge is 0.491 e. The van der Waals surface area contributed by atoms with Gasteiger partial charge in [0, 0.05) is 0 Å². The van der Waals surface area contributed by atoms with Gasteiger partial charge in [0.15, 0.2) is 0 Å². The molecule has 0 spiro atoms. The molecule has 0 heterocycles. The Morgan fingerprint density at radius 2 is 1.71 bits per heavy atom. The first kappa shape index (κ1) is 14.0. The fourth-order valence-corrected chi connectivity index (χ4v) is 1.71. The Labute approximate surface area is 105 Å². The van der Waals surface area contributed by atoms with Gasteiger partial charge in [0.2, 0.25) is 0 Å². The number of aliphatic hydroxyl groups is 1. The summed E-state index contributed by atoms with van der Waals surface area (Å²) in [4.78, 5) is 0. The number of aliphatic hydroxyl groups excluding tert-OH is 1. The summed E-state index contributed by atoms with van der Waals surface area (Å²) < 4.78 is 5.63. The maximum Gasteiger partial charge on any atom is 0.120 e. The van der Waals surface area contributed by atoms with Crippen LogP contribution in [0.2, 0.25) is 0 Å². The van der Waals surface area contributed by atoms with E-state index < -0.39 is 6.10 Å². The molecule has 17 heavy (non-hydrogen) atoms. The van der Waals surface area contributed by atoms with Gasteiger partial charge in [0.25, 0.3) is 0 Å². The lowest BCUT2D eigenvalue weighted by Crippen LogP contribution is -2.15. The van der Waals surface area contributed by atoms with E-state index >= 15 is 0 Å². The third kappa shape index (κ3) is 4.04. The lowest BCUT2D eigenvalue weighted by atomic mass is 9.88. The highest BCUT2D eigenvalue weighted by Gasteiger charge is 2.19. The van der Waals surface area contributed by atoms with Crippen LogP contribution < -0.4 is 4.74 Å². The van der Waals surface area contributed by atoms with E-state index in [1.165, 1.54) is 0 Å². The second-order valence-electron chi connectivity index (χ2n) is 5.29. The van der Waals surface area contributed by atoms with Crippen LogP contribution in [0.5, 0.6) is 5.75 Å². The highest BCUT2D eigenvalue weighted by Crippen LogP contribution is 2.29. The van der Waals surface area contributed by atoms with Crippen molar-refractivity contribution in [1.29, 1.82) is 0 Å². The summed E-state index contributed by atoms with van der Waals surface area (Å²) in [5.41, 5.74) is 0.935. The Bertz CT molecular complexity index is 345. The first-order valence-electron chi connectivity index (χ1n) is 6.36. The van der Waals surface area contributed by atoms with Gasteiger partial charge >= 0.3 is 0 Å². The number of benzene rings is 1. The van der Waals surface area contributed by atoms with Gasteiger partial charge in [-0.15, -0.1) is 0 Å². The topological polar surface area (TPSA) is 29.5 Å². The van der Waals surface area contributed by atoms with Gasteiger partial charge in [-0.3, -0.25) is 0 Å². The number of rotatable bonds is 5. The van der Waals surface area contributed by atoms with Crippen molar-refractivity contribution >= 4 is 0 Å². The molecule has 0 aliphatic heterocycles. The highest BCUT2D eigenvalue weighted by molar-refractivity contribution is 5.30. The number of ether oxygens (including phenoxy) is 1. The van der Waals surface area contributed by atoms with Crippen molar-refractivity contribution in [2.24, 2.45) is 11.8 Å². The SMILES string of the molecule is CC(C)Oc1cccc(C(O)C(C)C(C)C)c1. The molecule has 1 aromatic rings. The van der Waals surface area contributed by atoms with Gasteiger partial charge < -0.3 is 9.84 Å². The molecule has 1 N–H and O–H groups in total. The predicted molar refractivity (Wildman–Crippen MR) is 71.2 cm³/mol. The fraction of sp³-hybridized carbons (Fsp3) is 0.600. The monoisotopic (exact) mass is 236 g/mol. The van der Waals surface area contributed by atoms with E-state index in [1.807, 2.05) is 38.1 Å². The molecule has 0 aliphatic rings. The van der Waals surface area contributed by atoms with Gasteiger partial charge in [0.1, 0.15) is 5.75 Å². The van der Waals surface area contributed by atoms with Crippen LogP contribution in [-0.2, 0) is 0 Å². The van der Waals surface area contributed by atoms with Gasteiger partial charge in [-0.2, -0.15) is 0 Å². The average Bonchev–Trinajstić information content (AvgIpc) is 2.26. The molecule has 0 fully saturated rings. The third-order valence-corrected chi connectivity index (χ3v) is 3.12. The Balaban J connectivity index is 2.83. The van der Waals surface area contributed by atoms with Crippen LogP contribution in [0.3, 0.4) is 0 Å². The predicted octanol–water partition coefficient (Wildman–Crippen LogP) is 3.80. The number of hydrogen-bond donors (Lipinski definition) is 1. The van der Waals surface area contributed by atoms with E-state index in [0.717, 1.165) is 11.3 Å². The van der Waals surface area contributed by atoms with E-state index in [0.29, 0.717) is 5.92 Å². The summed E-state index contributed by atoms with van der Waals surface area (Å²) in [5, 5.41) is 10.3. The first-order chi connectivity index (χ1) is 7.91. The quantitative estimate of drug-likeness (QED) is 0.842. The Hall–Kier alpha value is -1.02. The van der Waals surface area contributed by atoms with Crippen LogP contribution in [0.1, 0.15) is 46.3 Å². The Morgan fingerprint density at radius 3 is 2.24 bits per heavy atom. The molecule has 0 aromatic heterocycles. The van der Waals surface area contributed by atoms with E-state index in [9.17, 15) is 5.11 Å². The van der Waals surface area contributed by atoms with Crippen molar-refractivity contribution < 1.29 is 9.84 Å². The maximum absolute atomic E-state index is 10.3. The Kier molecular flexibility index (Phi) is 5.01. The molecule has 0 bridgehead atoms. The van der Waals surface area contributed by atoms with Crippen LogP contribution in [0.25, 0.3) is 0 Å². The van der Waals surface area contributed by atoms with Crippen molar-refractivity contribution in [2.45, 2.75) is 46.8 Å². The summed E-state index contributed by atoms with van der Waals surface area (Å²) >= 11 is 0. The highest BCUT2D eigenvalue weighted by atomic mass is 16.5. The van der Waals surface area contributed by atoms with E-state index in [-0.39, 0.29) is 12.0 Å². The molecule has 0 aliphatic carbocycles. The second kappa shape index (κ2) is 6.06. The molecular weight excluding hydrogens is 212 g/mol. The van der Waals surface area contributed by atoms with Crippen molar-refractivity contribution in [3.05, 3.63) is 29.8 Å². The van der Waals surface area contributed by atoms with Crippen LogP contribution in [-0.4, -0.2) is 11.2 Å². The summed E-state index contributed by atoms with van der Waals surface area (Å²) in [6, 6.07) is 7.75. The molecule has 2 unspecified atom stereocenters. The molecule has 0 saturated carbocycles. The minimum Gasteiger partial charge on any atom is -0.491 e. The van der Waals surface area contributed by atoms with E-state index in [4.69, 9.17) is 4.74 Å². The summed E-state index contributed by atoms with van der Waals surface area (Å²) in [5.74, 6) is 1.52. The van der Waals surface area contributed by atoms with Gasteiger partial charge in [-0.05, 0) is 43.4 Å². The second-order valence-corrected chi connectivity index (χ2v) is 5.29. The smallest absolute Gasteiger partial charge is 0.120 e. The lowest BCUT2D eigenvalue weighted by Gasteiger charge is -2.23. The molecule has 2 nitrogen and oxygen atoms in total. The van der Waals surface area contributed by atoms with Crippen molar-refractivity contribution in [2.75, 3.05) is 0 Å². The number of hydrogen-bond acceptors (Lipinski definition) is 2. The molecule has 2 heteroatoms. The van der Waals surface area contributed by atoms with E-state index in [2.05, 4.69) is 20.8 Å². The maximum atomic E-state index is 10.3. The van der Waals surface area contributed by atoms with Crippen LogP contribution in [0.15, 0.2) is 24.3 Å². The minimum absolute atomic E-state index is 0.157. The van der Waals surface area contributed by atoms with Gasteiger partial charge in [0.05, 0.1) is 12.2 Å². The van der Waals surface area contributed by atoms with Crippen LogP contribution >= 0.6 is 0 Å². The van der Waals surface area contributed by atoms with Crippen molar-refractivity contribution in [3.63, 3.8) is 0 Å². The molecule has 0 saturated heterocycles. The minimum atomic E-state index is -0.425. The Morgan fingerprint density at radius 1 is 1.06 bits per heavy atom. The summed E-state index contributed by atoms with van der Waals surface area (Å²) in [7, 11) is 0. The summed E-state index contributed by atoms with van der Waals surface area (Å²) in [6.07, 6.45) is -0.268. The lowest BCUT2D eigenvalue weighted by molar-refractivity contribution is 0.0916. The third-order valence-electron chi connectivity index (χ3n) is 3.12. The fourth-order valence-electron chi connectivity index (χ4n) is 1.71. The van der Waals surface area contributed by atoms with Crippen molar-refractivity contribution in [1.82, 2.24) is 0 Å². The standard InChI is InChI=1S/C15H24O2/c1-10(2)12(5)15(16)13-7-6-8-14(9-13)17-11(3)4/h6-12,15-16H,1-5H3. The van der Waals surface area contributed by atoms with Crippen LogP contribution in [0, 0.1) is 11.8 Å². The average molecular weight is 236 g/mol.